The summed E-state index contributed by atoms with van der Waals surface area (Å²) in [6.45, 7) is 4.67. The Bertz CT molecular complexity index is 624. The van der Waals surface area contributed by atoms with Crippen molar-refractivity contribution in [2.24, 2.45) is 5.92 Å². The first-order valence-electron chi connectivity index (χ1n) is 7.72. The van der Waals surface area contributed by atoms with Gasteiger partial charge in [0.15, 0.2) is 0 Å². The van der Waals surface area contributed by atoms with Crippen LogP contribution in [0.3, 0.4) is 0 Å². The molecule has 0 aliphatic heterocycles. The van der Waals surface area contributed by atoms with Gasteiger partial charge in [-0.1, -0.05) is 50.2 Å². The molecule has 2 N–H and O–H groups in total. The van der Waals surface area contributed by atoms with Crippen molar-refractivity contribution in [2.45, 2.75) is 26.3 Å². The number of benzene rings is 1. The number of hydrogen-bond donors (Lipinski definition) is 2. The summed E-state index contributed by atoms with van der Waals surface area (Å²) in [4.78, 5) is 25.3. The highest BCUT2D eigenvalue weighted by molar-refractivity contribution is 7.12. The van der Waals surface area contributed by atoms with E-state index in [1.54, 1.807) is 6.07 Å². The Morgan fingerprint density at radius 3 is 2.43 bits per heavy atom. The first kappa shape index (κ1) is 17.2. The lowest BCUT2D eigenvalue weighted by Crippen LogP contribution is -2.48. The Labute approximate surface area is 140 Å². The van der Waals surface area contributed by atoms with Gasteiger partial charge in [-0.25, -0.2) is 0 Å². The zero-order valence-electron chi connectivity index (χ0n) is 13.4. The van der Waals surface area contributed by atoms with E-state index in [1.807, 2.05) is 55.6 Å². The van der Waals surface area contributed by atoms with Gasteiger partial charge in [0.05, 0.1) is 4.88 Å². The van der Waals surface area contributed by atoms with Gasteiger partial charge >= 0.3 is 0 Å². The number of rotatable bonds is 7. The molecular weight excluding hydrogens is 308 g/mol. The van der Waals surface area contributed by atoms with Gasteiger partial charge < -0.3 is 10.6 Å². The Kier molecular flexibility index (Phi) is 6.35. The molecule has 2 rings (SSSR count). The minimum Gasteiger partial charge on any atom is -0.354 e. The van der Waals surface area contributed by atoms with Crippen LogP contribution in [-0.2, 0) is 11.2 Å². The average molecular weight is 330 g/mol. The third-order valence-electron chi connectivity index (χ3n) is 3.33. The van der Waals surface area contributed by atoms with Crippen molar-refractivity contribution in [2.75, 3.05) is 6.54 Å². The maximum Gasteiger partial charge on any atom is 0.262 e. The van der Waals surface area contributed by atoms with E-state index in [1.165, 1.54) is 11.3 Å². The fraction of sp³-hybridized carbons (Fsp3) is 0.333. The Hall–Kier alpha value is -2.14. The van der Waals surface area contributed by atoms with Crippen LogP contribution in [0, 0.1) is 5.92 Å². The molecule has 0 aliphatic rings. The maximum absolute atomic E-state index is 12.4. The second kappa shape index (κ2) is 8.48. The normalized spacial score (nSPS) is 12.0. The van der Waals surface area contributed by atoms with E-state index in [9.17, 15) is 9.59 Å². The van der Waals surface area contributed by atoms with Crippen LogP contribution in [0.5, 0.6) is 0 Å². The predicted octanol–water partition coefficient (Wildman–Crippen LogP) is 2.86. The standard InChI is InChI=1S/C18H22N2O2S/c1-13(2)12-19-17(21)15(11-14-7-4-3-5-8-14)20-18(22)16-9-6-10-23-16/h3-10,13,15H,11-12H2,1-2H3,(H,19,21)(H,20,22)/t15-/m0/s1. The molecule has 4 nitrogen and oxygen atoms in total. The molecule has 2 amide bonds. The first-order valence-corrected chi connectivity index (χ1v) is 8.60. The lowest BCUT2D eigenvalue weighted by atomic mass is 10.0. The molecule has 23 heavy (non-hydrogen) atoms. The fourth-order valence-corrected chi connectivity index (χ4v) is 2.75. The van der Waals surface area contributed by atoms with Crippen LogP contribution in [-0.4, -0.2) is 24.4 Å². The van der Waals surface area contributed by atoms with Gasteiger partial charge in [0, 0.05) is 13.0 Å². The van der Waals surface area contributed by atoms with E-state index in [0.717, 1.165) is 5.56 Å². The molecule has 5 heteroatoms. The topological polar surface area (TPSA) is 58.2 Å². The van der Waals surface area contributed by atoms with Crippen molar-refractivity contribution >= 4 is 23.2 Å². The third-order valence-corrected chi connectivity index (χ3v) is 4.20. The minimum absolute atomic E-state index is 0.146. The number of thiophene rings is 1. The van der Waals surface area contributed by atoms with E-state index in [0.29, 0.717) is 23.8 Å². The third kappa shape index (κ3) is 5.53. The summed E-state index contributed by atoms with van der Waals surface area (Å²) < 4.78 is 0. The first-order chi connectivity index (χ1) is 11.1. The average Bonchev–Trinajstić information content (AvgIpc) is 3.07. The monoisotopic (exact) mass is 330 g/mol. The fourth-order valence-electron chi connectivity index (χ4n) is 2.12. The van der Waals surface area contributed by atoms with E-state index in [-0.39, 0.29) is 11.8 Å². The molecular formula is C18H22N2O2S. The highest BCUT2D eigenvalue weighted by atomic mass is 32.1. The van der Waals surface area contributed by atoms with Crippen molar-refractivity contribution in [3.63, 3.8) is 0 Å². The summed E-state index contributed by atoms with van der Waals surface area (Å²) in [6, 6.07) is 12.7. The largest absolute Gasteiger partial charge is 0.354 e. The highest BCUT2D eigenvalue weighted by Gasteiger charge is 2.22. The van der Waals surface area contributed by atoms with Crippen LogP contribution < -0.4 is 10.6 Å². The van der Waals surface area contributed by atoms with Gasteiger partial charge in [0.2, 0.25) is 5.91 Å². The van der Waals surface area contributed by atoms with Gasteiger partial charge in [0.25, 0.3) is 5.91 Å². The van der Waals surface area contributed by atoms with Crippen LogP contribution >= 0.6 is 11.3 Å². The summed E-state index contributed by atoms with van der Waals surface area (Å²) in [6.07, 6.45) is 0.474. The molecule has 1 heterocycles. The molecule has 0 spiro atoms. The number of hydrogen-bond acceptors (Lipinski definition) is 3. The number of amides is 2. The number of nitrogens with one attached hydrogen (secondary N) is 2. The molecule has 0 radical (unpaired) electrons. The minimum atomic E-state index is -0.578. The highest BCUT2D eigenvalue weighted by Crippen LogP contribution is 2.10. The zero-order chi connectivity index (χ0) is 16.7. The molecule has 0 fully saturated rings. The van der Waals surface area contributed by atoms with Crippen LogP contribution in [0.1, 0.15) is 29.1 Å². The Morgan fingerprint density at radius 1 is 1.09 bits per heavy atom. The Morgan fingerprint density at radius 2 is 1.83 bits per heavy atom. The second-order valence-corrected chi connectivity index (χ2v) is 6.78. The number of carbonyl (C=O) groups excluding carboxylic acids is 2. The number of carbonyl (C=O) groups is 2. The van der Waals surface area contributed by atoms with Crippen molar-refractivity contribution in [3.8, 4) is 0 Å². The van der Waals surface area contributed by atoms with Crippen LogP contribution in [0.25, 0.3) is 0 Å². The van der Waals surface area contributed by atoms with E-state index in [2.05, 4.69) is 10.6 Å². The zero-order valence-corrected chi connectivity index (χ0v) is 14.2. The van der Waals surface area contributed by atoms with Crippen LogP contribution in [0.15, 0.2) is 47.8 Å². The molecule has 122 valence electrons. The van der Waals surface area contributed by atoms with Crippen molar-refractivity contribution in [1.29, 1.82) is 0 Å². The lowest BCUT2D eigenvalue weighted by Gasteiger charge is -2.19. The van der Waals surface area contributed by atoms with E-state index < -0.39 is 6.04 Å². The summed E-state index contributed by atoms with van der Waals surface area (Å²) >= 11 is 1.37. The van der Waals surface area contributed by atoms with Gasteiger partial charge in [-0.15, -0.1) is 11.3 Å². The van der Waals surface area contributed by atoms with E-state index >= 15 is 0 Å². The molecule has 1 aromatic carbocycles. The molecule has 0 unspecified atom stereocenters. The van der Waals surface area contributed by atoms with Crippen LogP contribution in [0.4, 0.5) is 0 Å². The SMILES string of the molecule is CC(C)CNC(=O)[C@H](Cc1ccccc1)NC(=O)c1cccs1. The molecule has 1 aromatic heterocycles. The van der Waals surface area contributed by atoms with Gasteiger partial charge in [0.1, 0.15) is 6.04 Å². The maximum atomic E-state index is 12.4. The van der Waals surface area contributed by atoms with E-state index in [4.69, 9.17) is 0 Å². The lowest BCUT2D eigenvalue weighted by molar-refractivity contribution is -0.123. The molecule has 1 atom stereocenters. The summed E-state index contributed by atoms with van der Waals surface area (Å²) in [5.41, 5.74) is 1.02. The summed E-state index contributed by atoms with van der Waals surface area (Å²) in [7, 11) is 0. The molecule has 2 aromatic rings. The summed E-state index contributed by atoms with van der Waals surface area (Å²) in [5, 5.41) is 7.60. The molecule has 0 saturated carbocycles. The summed E-state index contributed by atoms with van der Waals surface area (Å²) in [5.74, 6) is 0.0115. The smallest absolute Gasteiger partial charge is 0.262 e. The van der Waals surface area contributed by atoms with Gasteiger partial charge in [-0.05, 0) is 22.9 Å². The Balaban J connectivity index is 2.07. The van der Waals surface area contributed by atoms with Crippen molar-refractivity contribution < 1.29 is 9.59 Å². The van der Waals surface area contributed by atoms with Gasteiger partial charge in [-0.3, -0.25) is 9.59 Å². The van der Waals surface area contributed by atoms with Crippen molar-refractivity contribution in [3.05, 3.63) is 58.3 Å². The quantitative estimate of drug-likeness (QED) is 0.820. The van der Waals surface area contributed by atoms with Crippen LogP contribution in [0.2, 0.25) is 0 Å². The van der Waals surface area contributed by atoms with Crippen molar-refractivity contribution in [1.82, 2.24) is 10.6 Å². The van der Waals surface area contributed by atoms with Gasteiger partial charge in [-0.2, -0.15) is 0 Å². The predicted molar refractivity (Wildman–Crippen MR) is 93.6 cm³/mol. The second-order valence-electron chi connectivity index (χ2n) is 5.83. The molecule has 0 saturated heterocycles. The molecule has 0 bridgehead atoms. The molecule has 0 aliphatic carbocycles.